The number of hydrogen-bond acceptors (Lipinski definition) is 2. The van der Waals surface area contributed by atoms with E-state index in [-0.39, 0.29) is 7.12 Å². The molecule has 2 aromatic rings. The molecule has 3 heteroatoms. The minimum absolute atomic E-state index is 0.189. The molecule has 18 heavy (non-hydrogen) atoms. The minimum atomic E-state index is -0.189. The third kappa shape index (κ3) is 1.44. The molecule has 1 fully saturated rings. The Balaban J connectivity index is 1.91. The highest BCUT2D eigenvalue weighted by atomic mass is 16.6. The highest BCUT2D eigenvalue weighted by Crippen LogP contribution is 2.35. The van der Waals surface area contributed by atoms with Crippen LogP contribution < -0.4 is 5.46 Å². The van der Waals surface area contributed by atoms with E-state index in [0.29, 0.717) is 13.2 Å². The van der Waals surface area contributed by atoms with Crippen LogP contribution in [0.4, 0.5) is 0 Å². The van der Waals surface area contributed by atoms with E-state index in [0.717, 1.165) is 6.42 Å². The monoisotopic (exact) mass is 236 g/mol. The first-order valence-electron chi connectivity index (χ1n) is 6.37. The van der Waals surface area contributed by atoms with Gasteiger partial charge >= 0.3 is 7.12 Å². The quantitative estimate of drug-likeness (QED) is 0.601. The van der Waals surface area contributed by atoms with E-state index in [9.17, 15) is 0 Å². The molecular formula is C15H13BO2. The molecule has 0 amide bonds. The highest BCUT2D eigenvalue weighted by Gasteiger charge is 2.32. The van der Waals surface area contributed by atoms with Crippen LogP contribution in [-0.2, 0) is 15.7 Å². The van der Waals surface area contributed by atoms with Crippen LogP contribution in [0.5, 0.6) is 0 Å². The molecule has 0 bridgehead atoms. The summed E-state index contributed by atoms with van der Waals surface area (Å²) < 4.78 is 11.3. The van der Waals surface area contributed by atoms with Gasteiger partial charge in [-0.25, -0.2) is 0 Å². The predicted molar refractivity (Wildman–Crippen MR) is 72.0 cm³/mol. The first-order chi connectivity index (χ1) is 8.93. The number of benzene rings is 2. The van der Waals surface area contributed by atoms with E-state index >= 15 is 0 Å². The van der Waals surface area contributed by atoms with Gasteiger partial charge < -0.3 is 9.31 Å². The number of rotatable bonds is 1. The van der Waals surface area contributed by atoms with Gasteiger partial charge in [-0.2, -0.15) is 0 Å². The van der Waals surface area contributed by atoms with E-state index in [1.807, 2.05) is 0 Å². The van der Waals surface area contributed by atoms with Crippen molar-refractivity contribution in [1.82, 2.24) is 0 Å². The van der Waals surface area contributed by atoms with E-state index < -0.39 is 0 Å². The van der Waals surface area contributed by atoms with Crippen LogP contribution in [-0.4, -0.2) is 20.3 Å². The van der Waals surface area contributed by atoms with Gasteiger partial charge in [0.25, 0.3) is 0 Å². The molecule has 2 aromatic carbocycles. The molecule has 0 spiro atoms. The first kappa shape index (κ1) is 10.4. The highest BCUT2D eigenvalue weighted by molar-refractivity contribution is 6.63. The zero-order valence-electron chi connectivity index (χ0n) is 10.1. The molecule has 0 atom stereocenters. The van der Waals surface area contributed by atoms with Gasteiger partial charge in [0.15, 0.2) is 0 Å². The fourth-order valence-electron chi connectivity index (χ4n) is 2.95. The van der Waals surface area contributed by atoms with Gasteiger partial charge in [0.1, 0.15) is 0 Å². The van der Waals surface area contributed by atoms with Gasteiger partial charge in [-0.15, -0.1) is 0 Å². The average molecular weight is 236 g/mol. The normalized spacial score (nSPS) is 16.8. The van der Waals surface area contributed by atoms with Crippen LogP contribution in [0.1, 0.15) is 11.1 Å². The molecule has 1 saturated heterocycles. The molecule has 0 saturated carbocycles. The average Bonchev–Trinajstić information content (AvgIpc) is 3.05. The van der Waals surface area contributed by atoms with Crippen LogP contribution in [0.2, 0.25) is 0 Å². The summed E-state index contributed by atoms with van der Waals surface area (Å²) in [5.74, 6) is 0. The van der Waals surface area contributed by atoms with Gasteiger partial charge in [-0.1, -0.05) is 42.5 Å². The zero-order valence-corrected chi connectivity index (χ0v) is 10.1. The molecular weight excluding hydrogens is 223 g/mol. The summed E-state index contributed by atoms with van der Waals surface area (Å²) in [6, 6.07) is 15.0. The Labute approximate surface area is 107 Å². The maximum atomic E-state index is 5.66. The molecule has 0 aromatic heterocycles. The van der Waals surface area contributed by atoms with Crippen LogP contribution in [0.3, 0.4) is 0 Å². The zero-order chi connectivity index (χ0) is 11.9. The summed E-state index contributed by atoms with van der Waals surface area (Å²) >= 11 is 0. The van der Waals surface area contributed by atoms with E-state index in [2.05, 4.69) is 42.5 Å². The molecule has 88 valence electrons. The molecule has 1 heterocycles. The van der Waals surface area contributed by atoms with Crippen molar-refractivity contribution in [2.45, 2.75) is 6.42 Å². The second-order valence-electron chi connectivity index (χ2n) is 4.79. The molecule has 2 aliphatic rings. The van der Waals surface area contributed by atoms with Crippen molar-refractivity contribution in [2.75, 3.05) is 13.2 Å². The van der Waals surface area contributed by atoms with E-state index in [4.69, 9.17) is 9.31 Å². The lowest BCUT2D eigenvalue weighted by molar-refractivity contribution is 0.365. The summed E-state index contributed by atoms with van der Waals surface area (Å²) in [4.78, 5) is 0. The Morgan fingerprint density at radius 1 is 0.833 bits per heavy atom. The Hall–Kier alpha value is -1.58. The number of fused-ring (bicyclic) bond motifs is 3. The van der Waals surface area contributed by atoms with Crippen molar-refractivity contribution in [3.63, 3.8) is 0 Å². The summed E-state index contributed by atoms with van der Waals surface area (Å²) in [6.45, 7) is 1.38. The maximum absolute atomic E-state index is 5.66. The fourth-order valence-corrected chi connectivity index (χ4v) is 2.95. The molecule has 2 nitrogen and oxygen atoms in total. The van der Waals surface area contributed by atoms with Gasteiger partial charge in [0, 0.05) is 0 Å². The largest absolute Gasteiger partial charge is 0.494 e. The SMILES string of the molecule is c1ccc2c(c1)Cc1cccc(B3OCCO3)c1-2. The van der Waals surface area contributed by atoms with Crippen molar-refractivity contribution >= 4 is 12.6 Å². The summed E-state index contributed by atoms with van der Waals surface area (Å²) in [5.41, 5.74) is 6.61. The Bertz CT molecular complexity index is 603. The third-order valence-corrected chi connectivity index (χ3v) is 3.73. The second kappa shape index (κ2) is 3.97. The maximum Gasteiger partial charge on any atom is 0.494 e. The third-order valence-electron chi connectivity index (χ3n) is 3.73. The molecule has 0 N–H and O–H groups in total. The lowest BCUT2D eigenvalue weighted by Crippen LogP contribution is -2.33. The lowest BCUT2D eigenvalue weighted by atomic mass is 9.74. The van der Waals surface area contributed by atoms with Crippen molar-refractivity contribution in [2.24, 2.45) is 0 Å². The molecule has 0 unspecified atom stereocenters. The molecule has 1 aliphatic carbocycles. The van der Waals surface area contributed by atoms with Gasteiger partial charge in [0.05, 0.1) is 13.2 Å². The summed E-state index contributed by atoms with van der Waals surface area (Å²) in [7, 11) is -0.189. The van der Waals surface area contributed by atoms with Crippen molar-refractivity contribution in [1.29, 1.82) is 0 Å². The Kier molecular flexibility index (Phi) is 2.29. The van der Waals surface area contributed by atoms with Crippen LogP contribution >= 0.6 is 0 Å². The Morgan fingerprint density at radius 3 is 2.50 bits per heavy atom. The minimum Gasteiger partial charge on any atom is -0.405 e. The van der Waals surface area contributed by atoms with E-state index in [1.54, 1.807) is 0 Å². The fraction of sp³-hybridized carbons (Fsp3) is 0.200. The summed E-state index contributed by atoms with van der Waals surface area (Å²) in [6.07, 6.45) is 1.02. The molecule has 4 rings (SSSR count). The van der Waals surface area contributed by atoms with E-state index in [1.165, 1.54) is 27.7 Å². The smallest absolute Gasteiger partial charge is 0.405 e. The van der Waals surface area contributed by atoms with Crippen LogP contribution in [0, 0.1) is 0 Å². The lowest BCUT2D eigenvalue weighted by Gasteiger charge is -2.11. The van der Waals surface area contributed by atoms with Crippen molar-refractivity contribution < 1.29 is 9.31 Å². The molecule has 0 radical (unpaired) electrons. The standard InChI is InChI=1S/C15H13BO2/c1-2-6-13-11(4-1)10-12-5-3-7-14(15(12)13)16-17-8-9-18-16/h1-7H,8-10H2. The summed E-state index contributed by atoms with van der Waals surface area (Å²) in [5, 5.41) is 0. The van der Waals surface area contributed by atoms with Crippen LogP contribution in [0.25, 0.3) is 11.1 Å². The first-order valence-corrected chi connectivity index (χ1v) is 6.37. The van der Waals surface area contributed by atoms with Gasteiger partial charge in [-0.3, -0.25) is 0 Å². The Morgan fingerprint density at radius 2 is 1.61 bits per heavy atom. The van der Waals surface area contributed by atoms with Gasteiger partial charge in [-0.05, 0) is 34.1 Å². The predicted octanol–water partition coefficient (Wildman–Crippen LogP) is 2.00. The van der Waals surface area contributed by atoms with Crippen molar-refractivity contribution in [3.05, 3.63) is 53.6 Å². The second-order valence-corrected chi connectivity index (χ2v) is 4.79. The molecule has 1 aliphatic heterocycles. The van der Waals surface area contributed by atoms with Crippen molar-refractivity contribution in [3.8, 4) is 11.1 Å². The van der Waals surface area contributed by atoms with Gasteiger partial charge in [0.2, 0.25) is 0 Å². The number of hydrogen-bond donors (Lipinski definition) is 0. The van der Waals surface area contributed by atoms with Crippen LogP contribution in [0.15, 0.2) is 42.5 Å². The topological polar surface area (TPSA) is 18.5 Å².